The molecule has 1 aliphatic rings. The Morgan fingerprint density at radius 2 is 1.80 bits per heavy atom. The van der Waals surface area contributed by atoms with Gasteiger partial charge in [0.15, 0.2) is 0 Å². The number of carbonyl (C=O) groups is 2. The molecule has 1 fully saturated rings. The minimum absolute atomic E-state index is 0.116. The Morgan fingerprint density at radius 3 is 2.30 bits per heavy atom. The molecule has 0 bridgehead atoms. The van der Waals surface area contributed by atoms with Crippen molar-refractivity contribution < 1.29 is 14.7 Å². The summed E-state index contributed by atoms with van der Waals surface area (Å²) < 4.78 is 0. The zero-order valence-electron chi connectivity index (χ0n) is 12.7. The first kappa shape index (κ1) is 17.0. The molecule has 0 spiro atoms. The van der Waals surface area contributed by atoms with Crippen LogP contribution in [0.5, 0.6) is 0 Å². The molecule has 1 saturated carbocycles. The molecular weight excluding hydrogens is 256 g/mol. The predicted molar refractivity (Wildman–Crippen MR) is 78.5 cm³/mol. The van der Waals surface area contributed by atoms with E-state index in [0.29, 0.717) is 18.9 Å². The molecule has 5 nitrogen and oxygen atoms in total. The fourth-order valence-corrected chi connectivity index (χ4v) is 2.61. The molecular formula is C15H28N2O3. The molecule has 1 aliphatic carbocycles. The number of rotatable bonds is 7. The van der Waals surface area contributed by atoms with Gasteiger partial charge in [0.05, 0.1) is 12.0 Å². The molecule has 0 radical (unpaired) electrons. The standard InChI is InChI=1S/C15H28N2O3/c1-3-12(2)16-10-13(18)17-11-15(14(19)20)8-6-4-5-7-9-15/h12,16H,3-11H2,1-2H3,(H,17,18)(H,19,20). The average Bonchev–Trinajstić information content (AvgIpc) is 2.69. The molecule has 1 unspecified atom stereocenters. The van der Waals surface area contributed by atoms with Gasteiger partial charge in [-0.2, -0.15) is 0 Å². The van der Waals surface area contributed by atoms with Crippen molar-refractivity contribution >= 4 is 11.9 Å². The van der Waals surface area contributed by atoms with Crippen LogP contribution >= 0.6 is 0 Å². The Balaban J connectivity index is 2.46. The van der Waals surface area contributed by atoms with E-state index in [1.54, 1.807) is 0 Å². The Kier molecular flexibility index (Phi) is 6.99. The third-order valence-electron chi connectivity index (χ3n) is 4.36. The van der Waals surface area contributed by atoms with E-state index in [2.05, 4.69) is 17.6 Å². The van der Waals surface area contributed by atoms with E-state index in [1.165, 1.54) is 0 Å². The van der Waals surface area contributed by atoms with Gasteiger partial charge < -0.3 is 15.7 Å². The first-order valence-corrected chi connectivity index (χ1v) is 7.73. The highest BCUT2D eigenvalue weighted by atomic mass is 16.4. The van der Waals surface area contributed by atoms with Gasteiger partial charge in [-0.25, -0.2) is 0 Å². The second kappa shape index (κ2) is 8.25. The van der Waals surface area contributed by atoms with Gasteiger partial charge in [0.2, 0.25) is 5.91 Å². The van der Waals surface area contributed by atoms with Crippen LogP contribution in [0.2, 0.25) is 0 Å². The topological polar surface area (TPSA) is 78.4 Å². The predicted octanol–water partition coefficient (Wildman–Crippen LogP) is 1.92. The first-order valence-electron chi connectivity index (χ1n) is 7.73. The third-order valence-corrected chi connectivity index (χ3v) is 4.36. The van der Waals surface area contributed by atoms with Gasteiger partial charge in [-0.05, 0) is 26.2 Å². The Hall–Kier alpha value is -1.10. The molecule has 0 aromatic carbocycles. The van der Waals surface area contributed by atoms with E-state index in [-0.39, 0.29) is 19.0 Å². The van der Waals surface area contributed by atoms with Crippen molar-refractivity contribution in [2.75, 3.05) is 13.1 Å². The monoisotopic (exact) mass is 284 g/mol. The minimum Gasteiger partial charge on any atom is -0.481 e. The fraction of sp³-hybridized carbons (Fsp3) is 0.867. The number of hydrogen-bond donors (Lipinski definition) is 3. The maximum Gasteiger partial charge on any atom is 0.311 e. The van der Waals surface area contributed by atoms with Crippen molar-refractivity contribution in [2.24, 2.45) is 5.41 Å². The SMILES string of the molecule is CCC(C)NCC(=O)NCC1(C(=O)O)CCCCCC1. The summed E-state index contributed by atoms with van der Waals surface area (Å²) in [6, 6.07) is 0.298. The van der Waals surface area contributed by atoms with Gasteiger partial charge >= 0.3 is 5.97 Å². The average molecular weight is 284 g/mol. The van der Waals surface area contributed by atoms with Crippen LogP contribution in [0.25, 0.3) is 0 Å². The van der Waals surface area contributed by atoms with E-state index in [0.717, 1.165) is 32.1 Å². The summed E-state index contributed by atoms with van der Waals surface area (Å²) >= 11 is 0. The minimum atomic E-state index is -0.769. The van der Waals surface area contributed by atoms with Crippen molar-refractivity contribution in [2.45, 2.75) is 64.8 Å². The number of hydrogen-bond acceptors (Lipinski definition) is 3. The van der Waals surface area contributed by atoms with Gasteiger partial charge in [0.25, 0.3) is 0 Å². The van der Waals surface area contributed by atoms with Crippen LogP contribution < -0.4 is 10.6 Å². The molecule has 0 aromatic rings. The lowest BCUT2D eigenvalue weighted by atomic mass is 9.80. The smallest absolute Gasteiger partial charge is 0.311 e. The number of carbonyl (C=O) groups excluding carboxylic acids is 1. The molecule has 20 heavy (non-hydrogen) atoms. The van der Waals surface area contributed by atoms with Gasteiger partial charge in [0.1, 0.15) is 0 Å². The molecule has 1 atom stereocenters. The Morgan fingerprint density at radius 1 is 1.20 bits per heavy atom. The quantitative estimate of drug-likeness (QED) is 0.624. The van der Waals surface area contributed by atoms with Crippen molar-refractivity contribution in [3.63, 3.8) is 0 Å². The zero-order chi connectivity index (χ0) is 15.0. The highest BCUT2D eigenvalue weighted by molar-refractivity contribution is 5.80. The molecule has 0 heterocycles. The Labute approximate surface area is 121 Å². The molecule has 1 amide bonds. The largest absolute Gasteiger partial charge is 0.481 e. The summed E-state index contributed by atoms with van der Waals surface area (Å²) in [5, 5.41) is 15.4. The number of carboxylic acid groups (broad SMARTS) is 1. The molecule has 5 heteroatoms. The normalized spacial score (nSPS) is 19.9. The van der Waals surface area contributed by atoms with Gasteiger partial charge in [-0.3, -0.25) is 9.59 Å². The van der Waals surface area contributed by atoms with Crippen molar-refractivity contribution in [1.82, 2.24) is 10.6 Å². The number of carboxylic acids is 1. The van der Waals surface area contributed by atoms with Crippen LogP contribution in [-0.4, -0.2) is 36.1 Å². The number of amides is 1. The van der Waals surface area contributed by atoms with Crippen molar-refractivity contribution in [3.8, 4) is 0 Å². The number of aliphatic carboxylic acids is 1. The summed E-state index contributed by atoms with van der Waals surface area (Å²) in [7, 11) is 0. The molecule has 0 aromatic heterocycles. The lowest BCUT2D eigenvalue weighted by molar-refractivity contribution is -0.149. The molecule has 116 valence electrons. The molecule has 0 saturated heterocycles. The molecule has 3 N–H and O–H groups in total. The van der Waals surface area contributed by atoms with E-state index in [9.17, 15) is 14.7 Å². The Bertz CT molecular complexity index is 323. The lowest BCUT2D eigenvalue weighted by Crippen LogP contribution is -2.46. The highest BCUT2D eigenvalue weighted by Gasteiger charge is 2.38. The summed E-state index contributed by atoms with van der Waals surface area (Å²) in [5.41, 5.74) is -0.761. The maximum absolute atomic E-state index is 11.8. The van der Waals surface area contributed by atoms with Gasteiger partial charge in [0, 0.05) is 12.6 Å². The molecule has 1 rings (SSSR count). The van der Waals surface area contributed by atoms with Crippen molar-refractivity contribution in [3.05, 3.63) is 0 Å². The zero-order valence-corrected chi connectivity index (χ0v) is 12.7. The van der Waals surface area contributed by atoms with Crippen molar-refractivity contribution in [1.29, 1.82) is 0 Å². The number of nitrogens with one attached hydrogen (secondary N) is 2. The lowest BCUT2D eigenvalue weighted by Gasteiger charge is -2.28. The second-order valence-corrected chi connectivity index (χ2v) is 5.97. The van der Waals surface area contributed by atoms with Gasteiger partial charge in [-0.1, -0.05) is 32.6 Å². The van der Waals surface area contributed by atoms with E-state index >= 15 is 0 Å². The van der Waals surface area contributed by atoms with E-state index < -0.39 is 11.4 Å². The van der Waals surface area contributed by atoms with E-state index in [4.69, 9.17) is 0 Å². The third kappa shape index (κ3) is 5.12. The van der Waals surface area contributed by atoms with E-state index in [1.807, 2.05) is 6.92 Å². The van der Waals surface area contributed by atoms with Crippen LogP contribution in [-0.2, 0) is 9.59 Å². The summed E-state index contributed by atoms with van der Waals surface area (Å²) in [6.45, 7) is 4.59. The second-order valence-electron chi connectivity index (χ2n) is 5.97. The highest BCUT2D eigenvalue weighted by Crippen LogP contribution is 2.34. The molecule has 0 aliphatic heterocycles. The van der Waals surface area contributed by atoms with Crippen LogP contribution in [0, 0.1) is 5.41 Å². The first-order chi connectivity index (χ1) is 9.50. The fourth-order valence-electron chi connectivity index (χ4n) is 2.61. The van der Waals surface area contributed by atoms with Crippen LogP contribution in [0.4, 0.5) is 0 Å². The summed E-state index contributed by atoms with van der Waals surface area (Å²) in [6.07, 6.45) is 6.37. The van der Waals surface area contributed by atoms with Crippen LogP contribution in [0.3, 0.4) is 0 Å². The summed E-state index contributed by atoms with van der Waals surface area (Å²) in [4.78, 5) is 23.4. The van der Waals surface area contributed by atoms with Gasteiger partial charge in [-0.15, -0.1) is 0 Å². The van der Waals surface area contributed by atoms with Crippen LogP contribution in [0.15, 0.2) is 0 Å². The summed E-state index contributed by atoms with van der Waals surface area (Å²) in [5.74, 6) is -0.884. The maximum atomic E-state index is 11.8. The van der Waals surface area contributed by atoms with Crippen LogP contribution in [0.1, 0.15) is 58.8 Å².